The Morgan fingerprint density at radius 1 is 1.28 bits per heavy atom. The Bertz CT molecular complexity index is 879. The predicted molar refractivity (Wildman–Crippen MR) is 92.7 cm³/mol. The van der Waals surface area contributed by atoms with Crippen LogP contribution in [0.3, 0.4) is 0 Å². The van der Waals surface area contributed by atoms with E-state index in [4.69, 9.17) is 4.42 Å². The van der Waals surface area contributed by atoms with Gasteiger partial charge in [-0.15, -0.1) is 0 Å². The quantitative estimate of drug-likeness (QED) is 0.795. The molecule has 0 bridgehead atoms. The number of nitrogens with one attached hydrogen (secondary N) is 1. The second kappa shape index (κ2) is 6.55. The number of rotatable bonds is 4. The Labute approximate surface area is 145 Å². The summed E-state index contributed by atoms with van der Waals surface area (Å²) < 4.78 is 5.79. The number of amides is 1. The maximum absolute atomic E-state index is 12.4. The molecule has 3 aromatic rings. The molecule has 6 nitrogen and oxygen atoms in total. The first-order valence-electron chi connectivity index (χ1n) is 8.49. The largest absolute Gasteiger partial charge is 0.441 e. The summed E-state index contributed by atoms with van der Waals surface area (Å²) in [5, 5.41) is 7.02. The van der Waals surface area contributed by atoms with Crippen molar-refractivity contribution in [1.29, 1.82) is 0 Å². The molecule has 25 heavy (non-hydrogen) atoms. The lowest BCUT2D eigenvalue weighted by Gasteiger charge is -2.26. The number of carbonyl (C=O) groups is 1. The Balaban J connectivity index is 1.36. The van der Waals surface area contributed by atoms with E-state index in [1.807, 2.05) is 36.1 Å². The normalized spacial score (nSPS) is 13.7. The van der Waals surface area contributed by atoms with Gasteiger partial charge < -0.3 is 9.32 Å². The van der Waals surface area contributed by atoms with Crippen LogP contribution in [0.5, 0.6) is 0 Å². The fourth-order valence-corrected chi connectivity index (χ4v) is 3.08. The number of carbonyl (C=O) groups excluding carboxylic acids is 1. The first-order chi connectivity index (χ1) is 12.2. The molecular formula is C19H20N4O2. The number of hydrogen-bond acceptors (Lipinski definition) is 4. The summed E-state index contributed by atoms with van der Waals surface area (Å²) >= 11 is 0. The zero-order valence-electron chi connectivity index (χ0n) is 14.2. The van der Waals surface area contributed by atoms with Gasteiger partial charge in [0.15, 0.2) is 11.7 Å². The van der Waals surface area contributed by atoms with E-state index in [1.54, 1.807) is 12.4 Å². The molecule has 2 aromatic heterocycles. The van der Waals surface area contributed by atoms with Crippen LogP contribution in [0.25, 0.3) is 11.3 Å². The zero-order chi connectivity index (χ0) is 17.2. The van der Waals surface area contributed by atoms with Crippen LogP contribution in [0.1, 0.15) is 29.1 Å². The van der Waals surface area contributed by atoms with Crippen LogP contribution in [-0.2, 0) is 24.2 Å². The molecule has 1 N–H and O–H groups in total. The van der Waals surface area contributed by atoms with Crippen molar-refractivity contribution in [3.05, 3.63) is 59.4 Å². The van der Waals surface area contributed by atoms with Crippen molar-refractivity contribution in [2.45, 2.75) is 32.7 Å². The molecule has 6 heteroatoms. The van der Waals surface area contributed by atoms with E-state index in [9.17, 15) is 4.79 Å². The minimum Gasteiger partial charge on any atom is -0.441 e. The number of H-pyrrole nitrogens is 1. The summed E-state index contributed by atoms with van der Waals surface area (Å²) in [7, 11) is 0. The number of hydrogen-bond donors (Lipinski definition) is 1. The minimum atomic E-state index is 0.127. The third kappa shape index (κ3) is 3.33. The van der Waals surface area contributed by atoms with Gasteiger partial charge in [0.05, 0.1) is 12.4 Å². The van der Waals surface area contributed by atoms with E-state index in [-0.39, 0.29) is 5.91 Å². The van der Waals surface area contributed by atoms with E-state index >= 15 is 0 Å². The van der Waals surface area contributed by atoms with Crippen LogP contribution in [0.4, 0.5) is 0 Å². The zero-order valence-corrected chi connectivity index (χ0v) is 14.2. The second-order valence-electron chi connectivity index (χ2n) is 6.42. The lowest BCUT2D eigenvalue weighted by Crippen LogP contribution is -2.35. The van der Waals surface area contributed by atoms with Gasteiger partial charge in [0.25, 0.3) is 0 Å². The molecule has 4 rings (SSSR count). The van der Waals surface area contributed by atoms with E-state index in [1.165, 1.54) is 5.56 Å². The van der Waals surface area contributed by atoms with Crippen molar-refractivity contribution >= 4 is 5.91 Å². The number of benzene rings is 1. The van der Waals surface area contributed by atoms with Gasteiger partial charge in [-0.05, 0) is 6.92 Å². The highest BCUT2D eigenvalue weighted by molar-refractivity contribution is 5.76. The fourth-order valence-electron chi connectivity index (χ4n) is 3.08. The summed E-state index contributed by atoms with van der Waals surface area (Å²) in [4.78, 5) is 18.6. The molecule has 1 aliphatic rings. The smallest absolute Gasteiger partial charge is 0.223 e. The predicted octanol–water partition coefficient (Wildman–Crippen LogP) is 2.89. The van der Waals surface area contributed by atoms with Crippen LogP contribution in [0, 0.1) is 6.92 Å². The Morgan fingerprint density at radius 3 is 2.96 bits per heavy atom. The summed E-state index contributed by atoms with van der Waals surface area (Å²) in [6.45, 7) is 3.41. The molecule has 1 aromatic carbocycles. The second-order valence-corrected chi connectivity index (χ2v) is 6.42. The summed E-state index contributed by atoms with van der Waals surface area (Å²) in [5.74, 6) is 1.47. The monoisotopic (exact) mass is 336 g/mol. The maximum atomic E-state index is 12.4. The van der Waals surface area contributed by atoms with Crippen molar-refractivity contribution in [2.75, 3.05) is 6.54 Å². The lowest BCUT2D eigenvalue weighted by atomic mass is 10.1. The van der Waals surface area contributed by atoms with Crippen LogP contribution in [0.2, 0.25) is 0 Å². The molecular weight excluding hydrogens is 316 g/mol. The topological polar surface area (TPSA) is 75.0 Å². The van der Waals surface area contributed by atoms with E-state index in [0.717, 1.165) is 35.5 Å². The molecule has 1 aliphatic heterocycles. The Kier molecular flexibility index (Phi) is 4.09. The Morgan fingerprint density at radius 2 is 2.12 bits per heavy atom. The van der Waals surface area contributed by atoms with Crippen molar-refractivity contribution in [1.82, 2.24) is 20.1 Å². The van der Waals surface area contributed by atoms with Crippen LogP contribution < -0.4 is 0 Å². The molecule has 0 fully saturated rings. The van der Waals surface area contributed by atoms with E-state index < -0.39 is 0 Å². The van der Waals surface area contributed by atoms with Crippen molar-refractivity contribution < 1.29 is 9.21 Å². The number of aryl methyl sites for hydroxylation is 2. The number of aromatic amines is 1. The molecule has 0 aliphatic carbocycles. The van der Waals surface area contributed by atoms with Gasteiger partial charge in [-0.1, -0.05) is 29.8 Å². The SMILES string of the molecule is Cc1ccc(-c2cnc(CCC(=O)N3CCc4[nH]ncc4C3)o2)cc1. The average molecular weight is 336 g/mol. The van der Waals surface area contributed by atoms with Crippen molar-refractivity contribution in [3.8, 4) is 11.3 Å². The third-order valence-electron chi connectivity index (χ3n) is 4.60. The third-order valence-corrected chi connectivity index (χ3v) is 4.60. The highest BCUT2D eigenvalue weighted by Gasteiger charge is 2.22. The van der Waals surface area contributed by atoms with Gasteiger partial charge >= 0.3 is 0 Å². The van der Waals surface area contributed by atoms with E-state index in [0.29, 0.717) is 25.3 Å². The Hall–Kier alpha value is -2.89. The molecule has 0 unspecified atom stereocenters. The minimum absolute atomic E-state index is 0.127. The number of nitrogens with zero attached hydrogens (tertiary/aromatic N) is 3. The summed E-state index contributed by atoms with van der Waals surface area (Å²) in [6.07, 6.45) is 5.28. The van der Waals surface area contributed by atoms with Gasteiger partial charge in [-0.2, -0.15) is 5.10 Å². The highest BCUT2D eigenvalue weighted by atomic mass is 16.4. The van der Waals surface area contributed by atoms with Gasteiger partial charge in [0, 0.05) is 49.2 Å². The molecule has 3 heterocycles. The fraction of sp³-hybridized carbons (Fsp3) is 0.316. The van der Waals surface area contributed by atoms with Gasteiger partial charge in [-0.3, -0.25) is 9.89 Å². The first kappa shape index (κ1) is 15.6. The average Bonchev–Trinajstić information content (AvgIpc) is 3.29. The van der Waals surface area contributed by atoms with Crippen LogP contribution in [0.15, 0.2) is 41.1 Å². The molecule has 0 saturated carbocycles. The van der Waals surface area contributed by atoms with E-state index in [2.05, 4.69) is 15.2 Å². The number of aromatic nitrogens is 3. The highest BCUT2D eigenvalue weighted by Crippen LogP contribution is 2.22. The van der Waals surface area contributed by atoms with Gasteiger partial charge in [0.2, 0.25) is 5.91 Å². The van der Waals surface area contributed by atoms with Crippen molar-refractivity contribution in [3.63, 3.8) is 0 Å². The molecule has 0 radical (unpaired) electrons. The van der Waals surface area contributed by atoms with Gasteiger partial charge in [0.1, 0.15) is 0 Å². The molecule has 128 valence electrons. The van der Waals surface area contributed by atoms with Gasteiger partial charge in [-0.25, -0.2) is 4.98 Å². The van der Waals surface area contributed by atoms with Crippen LogP contribution in [-0.4, -0.2) is 32.5 Å². The number of fused-ring (bicyclic) bond motifs is 1. The molecule has 0 atom stereocenters. The molecule has 0 spiro atoms. The van der Waals surface area contributed by atoms with Crippen LogP contribution >= 0.6 is 0 Å². The maximum Gasteiger partial charge on any atom is 0.223 e. The standard InChI is InChI=1S/C19H20N4O2/c1-13-2-4-14(5-3-13)17-11-20-18(25-17)6-7-19(24)23-9-8-16-15(12-23)10-21-22-16/h2-5,10-11H,6-9,12H2,1H3,(H,21,22). The summed E-state index contributed by atoms with van der Waals surface area (Å²) in [6, 6.07) is 8.12. The van der Waals surface area contributed by atoms with Crippen molar-refractivity contribution in [2.24, 2.45) is 0 Å². The summed E-state index contributed by atoms with van der Waals surface area (Å²) in [5.41, 5.74) is 4.45. The number of oxazole rings is 1. The lowest BCUT2D eigenvalue weighted by molar-refractivity contribution is -0.132. The molecule has 0 saturated heterocycles. The first-order valence-corrected chi connectivity index (χ1v) is 8.49. The molecule has 1 amide bonds.